The van der Waals surface area contributed by atoms with Gasteiger partial charge in [-0.25, -0.2) is 9.18 Å². The lowest BCUT2D eigenvalue weighted by Crippen LogP contribution is -2.26. The molecule has 0 saturated heterocycles. The highest BCUT2D eigenvalue weighted by Crippen LogP contribution is 2.26. The van der Waals surface area contributed by atoms with E-state index in [-0.39, 0.29) is 25.0 Å². The molecule has 0 radical (unpaired) electrons. The quantitative estimate of drug-likeness (QED) is 0.555. The van der Waals surface area contributed by atoms with Crippen molar-refractivity contribution in [1.29, 1.82) is 0 Å². The Balaban J connectivity index is 2.04. The van der Waals surface area contributed by atoms with E-state index in [0.29, 0.717) is 23.1 Å². The zero-order valence-corrected chi connectivity index (χ0v) is 17.0. The minimum atomic E-state index is -0.981. The first-order valence-electron chi connectivity index (χ1n) is 9.59. The van der Waals surface area contributed by atoms with Crippen molar-refractivity contribution in [3.8, 4) is 5.75 Å². The van der Waals surface area contributed by atoms with Gasteiger partial charge in [0.25, 0.3) is 5.56 Å². The van der Waals surface area contributed by atoms with Gasteiger partial charge in [0.2, 0.25) is 0 Å². The Morgan fingerprint density at radius 3 is 2.65 bits per heavy atom. The minimum absolute atomic E-state index is 0.0493. The summed E-state index contributed by atoms with van der Waals surface area (Å²) < 4.78 is 19.7. The van der Waals surface area contributed by atoms with Gasteiger partial charge in [0.05, 0.1) is 12.1 Å². The zero-order chi connectivity index (χ0) is 22.7. The number of fused-ring (bicyclic) bond motifs is 1. The van der Waals surface area contributed by atoms with Gasteiger partial charge in [0.15, 0.2) is 11.3 Å². The van der Waals surface area contributed by atoms with Crippen LogP contribution in [0.2, 0.25) is 0 Å². The van der Waals surface area contributed by atoms with E-state index in [1.807, 2.05) is 0 Å². The number of aliphatic carboxylic acids is 1. The molecule has 9 heteroatoms. The number of carbonyl (C=O) groups excluding carboxylic acids is 1. The van der Waals surface area contributed by atoms with E-state index in [2.05, 4.69) is 4.98 Å². The van der Waals surface area contributed by atoms with E-state index in [0.717, 1.165) is 5.56 Å². The minimum Gasteiger partial charge on any atom is -0.505 e. The summed E-state index contributed by atoms with van der Waals surface area (Å²) in [4.78, 5) is 39.8. The monoisotopic (exact) mass is 428 g/mol. The van der Waals surface area contributed by atoms with Crippen molar-refractivity contribution in [2.75, 3.05) is 6.61 Å². The smallest absolute Gasteiger partial charge is 0.347 e. The van der Waals surface area contributed by atoms with Crippen molar-refractivity contribution in [3.63, 3.8) is 0 Å². The number of rotatable bonds is 7. The summed E-state index contributed by atoms with van der Waals surface area (Å²) in [6.45, 7) is 1.64. The first-order valence-corrected chi connectivity index (χ1v) is 9.59. The average molecular weight is 428 g/mol. The van der Waals surface area contributed by atoms with Crippen LogP contribution in [-0.4, -0.2) is 38.3 Å². The maximum atomic E-state index is 13.7. The molecule has 0 aliphatic rings. The van der Waals surface area contributed by atoms with Crippen LogP contribution in [0.3, 0.4) is 0 Å². The van der Waals surface area contributed by atoms with Gasteiger partial charge in [-0.05, 0) is 54.7 Å². The van der Waals surface area contributed by atoms with Crippen molar-refractivity contribution in [2.45, 2.75) is 26.2 Å². The summed E-state index contributed by atoms with van der Waals surface area (Å²) in [5.74, 6) is -2.92. The highest BCUT2D eigenvalue weighted by Gasteiger charge is 2.23. The van der Waals surface area contributed by atoms with Gasteiger partial charge in [-0.2, -0.15) is 0 Å². The topological polar surface area (TPSA) is 119 Å². The van der Waals surface area contributed by atoms with Crippen LogP contribution >= 0.6 is 0 Å². The molecule has 0 spiro atoms. The van der Waals surface area contributed by atoms with Crippen LogP contribution in [0.15, 0.2) is 35.3 Å². The number of carboxylic acids is 1. The number of carbonyl (C=O) groups is 2. The molecule has 1 aromatic carbocycles. The molecule has 0 aliphatic heterocycles. The van der Waals surface area contributed by atoms with Crippen LogP contribution in [0, 0.1) is 5.82 Å². The fraction of sp³-hybridized carbons (Fsp3) is 0.273. The Kier molecular flexibility index (Phi) is 6.33. The Morgan fingerprint density at radius 1 is 1.23 bits per heavy atom. The number of aromatic nitrogens is 2. The summed E-state index contributed by atoms with van der Waals surface area (Å²) in [6, 6.07) is 5.82. The van der Waals surface area contributed by atoms with Gasteiger partial charge in [0.1, 0.15) is 11.3 Å². The number of carboxylic acid groups (broad SMARTS) is 1. The van der Waals surface area contributed by atoms with E-state index >= 15 is 0 Å². The van der Waals surface area contributed by atoms with E-state index in [1.165, 1.54) is 29.9 Å². The Labute approximate surface area is 176 Å². The molecule has 162 valence electrons. The molecule has 2 heterocycles. The number of halogens is 1. The Bertz CT molecular complexity index is 1230. The SMILES string of the molecule is CCOC(=O)c1c(O)c2ncc(Cc3ccc(F)cc3CCC(=O)O)cc2n(C)c1=O. The summed E-state index contributed by atoms with van der Waals surface area (Å²) in [7, 11) is 1.45. The number of benzene rings is 1. The lowest BCUT2D eigenvalue weighted by Gasteiger charge is -2.13. The number of ether oxygens (including phenoxy) is 1. The standard InChI is InChI=1S/C22H21FN2O6/c1-3-31-22(30)18-20(28)19-16(25(2)21(18)29)9-12(11-24-19)8-13-4-6-15(23)10-14(13)5-7-17(26)27/h4,6,9-11,28H,3,5,7-8H2,1-2H3,(H,26,27). The molecule has 0 bridgehead atoms. The summed E-state index contributed by atoms with van der Waals surface area (Å²) in [5.41, 5.74) is 1.13. The number of aromatic hydroxyl groups is 1. The predicted octanol–water partition coefficient (Wildman–Crippen LogP) is 2.56. The van der Waals surface area contributed by atoms with Gasteiger partial charge in [-0.3, -0.25) is 14.6 Å². The average Bonchev–Trinajstić information content (AvgIpc) is 2.72. The molecule has 31 heavy (non-hydrogen) atoms. The second kappa shape index (κ2) is 8.95. The van der Waals surface area contributed by atoms with Gasteiger partial charge in [-0.1, -0.05) is 6.07 Å². The fourth-order valence-electron chi connectivity index (χ4n) is 3.37. The van der Waals surface area contributed by atoms with Crippen LogP contribution in [0.5, 0.6) is 5.75 Å². The van der Waals surface area contributed by atoms with E-state index in [1.54, 1.807) is 19.1 Å². The summed E-state index contributed by atoms with van der Waals surface area (Å²) in [5, 5.41) is 19.4. The van der Waals surface area contributed by atoms with Crippen LogP contribution in [0.4, 0.5) is 4.39 Å². The first kappa shape index (κ1) is 21.9. The number of hydrogen-bond donors (Lipinski definition) is 2. The van der Waals surface area contributed by atoms with Crippen molar-refractivity contribution < 1.29 is 28.9 Å². The second-order valence-corrected chi connectivity index (χ2v) is 7.00. The van der Waals surface area contributed by atoms with Gasteiger partial charge < -0.3 is 19.5 Å². The largest absolute Gasteiger partial charge is 0.505 e. The molecule has 0 amide bonds. The molecular weight excluding hydrogens is 407 g/mol. The number of aryl methyl sites for hydroxylation is 2. The van der Waals surface area contributed by atoms with E-state index < -0.39 is 34.6 Å². The molecule has 0 saturated carbocycles. The van der Waals surface area contributed by atoms with Crippen molar-refractivity contribution in [3.05, 3.63) is 68.9 Å². The van der Waals surface area contributed by atoms with E-state index in [9.17, 15) is 23.9 Å². The highest BCUT2D eigenvalue weighted by molar-refractivity contribution is 5.98. The second-order valence-electron chi connectivity index (χ2n) is 7.00. The zero-order valence-electron chi connectivity index (χ0n) is 17.0. The van der Waals surface area contributed by atoms with Crippen molar-refractivity contribution in [1.82, 2.24) is 9.55 Å². The molecule has 0 atom stereocenters. The van der Waals surface area contributed by atoms with Gasteiger partial charge in [0, 0.05) is 19.7 Å². The van der Waals surface area contributed by atoms with Gasteiger partial charge in [-0.15, -0.1) is 0 Å². The number of esters is 1. The normalized spacial score (nSPS) is 10.9. The molecule has 3 aromatic rings. The van der Waals surface area contributed by atoms with Crippen molar-refractivity contribution in [2.24, 2.45) is 7.05 Å². The maximum absolute atomic E-state index is 13.7. The lowest BCUT2D eigenvalue weighted by molar-refractivity contribution is -0.136. The number of pyridine rings is 2. The third kappa shape index (κ3) is 4.55. The first-order chi connectivity index (χ1) is 14.7. The fourth-order valence-corrected chi connectivity index (χ4v) is 3.37. The summed E-state index contributed by atoms with van der Waals surface area (Å²) >= 11 is 0. The van der Waals surface area contributed by atoms with Crippen LogP contribution in [0.1, 0.15) is 40.4 Å². The Morgan fingerprint density at radius 2 is 1.97 bits per heavy atom. The molecular formula is C22H21FN2O6. The van der Waals surface area contributed by atoms with Crippen LogP contribution in [0.25, 0.3) is 11.0 Å². The molecule has 0 fully saturated rings. The summed E-state index contributed by atoms with van der Waals surface area (Å²) in [6.07, 6.45) is 1.83. The number of nitrogens with zero attached hydrogens (tertiary/aromatic N) is 2. The third-order valence-corrected chi connectivity index (χ3v) is 4.92. The third-order valence-electron chi connectivity index (χ3n) is 4.92. The van der Waals surface area contributed by atoms with Crippen molar-refractivity contribution >= 4 is 23.0 Å². The molecule has 8 nitrogen and oxygen atoms in total. The molecule has 2 aromatic heterocycles. The molecule has 2 N–H and O–H groups in total. The van der Waals surface area contributed by atoms with Gasteiger partial charge >= 0.3 is 11.9 Å². The maximum Gasteiger partial charge on any atom is 0.347 e. The van der Waals surface area contributed by atoms with E-state index in [4.69, 9.17) is 9.84 Å². The molecule has 0 unspecified atom stereocenters. The Hall–Kier alpha value is -3.75. The van der Waals surface area contributed by atoms with Crippen LogP contribution in [-0.2, 0) is 29.4 Å². The molecule has 0 aliphatic carbocycles. The molecule has 3 rings (SSSR count). The van der Waals surface area contributed by atoms with Crippen LogP contribution < -0.4 is 5.56 Å². The number of hydrogen-bond acceptors (Lipinski definition) is 6. The highest BCUT2D eigenvalue weighted by atomic mass is 19.1. The lowest BCUT2D eigenvalue weighted by atomic mass is 9.97. The predicted molar refractivity (Wildman–Crippen MR) is 110 cm³/mol.